The molecule has 0 aromatic rings. The van der Waals surface area contributed by atoms with E-state index in [0.29, 0.717) is 5.33 Å². The van der Waals surface area contributed by atoms with E-state index in [-0.39, 0.29) is 23.7 Å². The van der Waals surface area contributed by atoms with Gasteiger partial charge in [-0.05, 0) is 12.8 Å². The van der Waals surface area contributed by atoms with E-state index >= 15 is 0 Å². The molecule has 13 heavy (non-hydrogen) atoms. The molecule has 1 rings (SSSR count). The molecule has 74 valence electrons. The van der Waals surface area contributed by atoms with Crippen LogP contribution < -0.4 is 5.32 Å². The highest BCUT2D eigenvalue weighted by atomic mass is 79.9. The summed E-state index contributed by atoms with van der Waals surface area (Å²) in [5.41, 5.74) is 0. The number of ketones is 1. The van der Waals surface area contributed by atoms with Gasteiger partial charge in [0.15, 0.2) is 0 Å². The lowest BCUT2D eigenvalue weighted by Crippen LogP contribution is -2.39. The van der Waals surface area contributed by atoms with E-state index in [1.54, 1.807) is 0 Å². The second kappa shape index (κ2) is 4.74. The van der Waals surface area contributed by atoms with Gasteiger partial charge in [-0.1, -0.05) is 22.4 Å². The van der Waals surface area contributed by atoms with Crippen LogP contribution in [0.4, 0.5) is 0 Å². The molecule has 0 spiro atoms. The molecule has 3 nitrogen and oxygen atoms in total. The van der Waals surface area contributed by atoms with Gasteiger partial charge in [0.05, 0.1) is 5.33 Å². The summed E-state index contributed by atoms with van der Waals surface area (Å²) in [6, 6.07) is 0.0718. The lowest BCUT2D eigenvalue weighted by Gasteiger charge is -2.17. The molecule has 0 heterocycles. The van der Waals surface area contributed by atoms with Crippen LogP contribution in [0.15, 0.2) is 0 Å². The Morgan fingerprint density at radius 2 is 2.15 bits per heavy atom. The molecule has 1 aliphatic rings. The van der Waals surface area contributed by atoms with Gasteiger partial charge in [0.25, 0.3) is 0 Å². The lowest BCUT2D eigenvalue weighted by atomic mass is 9.99. The van der Waals surface area contributed by atoms with Gasteiger partial charge in [-0.25, -0.2) is 0 Å². The van der Waals surface area contributed by atoms with Gasteiger partial charge in [-0.2, -0.15) is 0 Å². The smallest absolute Gasteiger partial charge is 0.217 e. The number of carbonyl (C=O) groups is 2. The number of alkyl halides is 1. The maximum atomic E-state index is 11.4. The number of hydrogen-bond donors (Lipinski definition) is 1. The standard InChI is InChI=1S/C9H14BrNO2/c1-6(12)11-8-4-2-3-7(8)9(13)5-10/h7-8H,2-5H2,1H3,(H,11,12). The molecule has 0 saturated heterocycles. The van der Waals surface area contributed by atoms with Gasteiger partial charge in [0, 0.05) is 18.9 Å². The largest absolute Gasteiger partial charge is 0.353 e. The van der Waals surface area contributed by atoms with Crippen molar-refractivity contribution in [1.82, 2.24) is 5.32 Å². The molecule has 1 saturated carbocycles. The average Bonchev–Trinajstić information content (AvgIpc) is 2.50. The van der Waals surface area contributed by atoms with Crippen LogP contribution in [0.5, 0.6) is 0 Å². The van der Waals surface area contributed by atoms with Crippen LogP contribution in [0, 0.1) is 5.92 Å². The summed E-state index contributed by atoms with van der Waals surface area (Å²) in [7, 11) is 0. The molecule has 0 radical (unpaired) electrons. The monoisotopic (exact) mass is 247 g/mol. The Labute approximate surface area is 86.4 Å². The third-order valence-electron chi connectivity index (χ3n) is 2.45. The normalized spacial score (nSPS) is 27.2. The molecule has 1 N–H and O–H groups in total. The summed E-state index contributed by atoms with van der Waals surface area (Å²) in [5.74, 6) is 0.193. The molecule has 0 aliphatic heterocycles. The maximum Gasteiger partial charge on any atom is 0.217 e. The van der Waals surface area contributed by atoms with E-state index in [2.05, 4.69) is 21.2 Å². The minimum absolute atomic E-state index is 0.0308. The van der Waals surface area contributed by atoms with E-state index in [9.17, 15) is 9.59 Å². The van der Waals surface area contributed by atoms with Crippen molar-refractivity contribution < 1.29 is 9.59 Å². The number of hydrogen-bond acceptors (Lipinski definition) is 2. The van der Waals surface area contributed by atoms with Crippen LogP contribution in [0.1, 0.15) is 26.2 Å². The number of nitrogens with one attached hydrogen (secondary N) is 1. The Morgan fingerprint density at radius 1 is 1.46 bits per heavy atom. The van der Waals surface area contributed by atoms with Gasteiger partial charge in [0.2, 0.25) is 5.91 Å². The van der Waals surface area contributed by atoms with Crippen molar-refractivity contribution >= 4 is 27.6 Å². The number of halogens is 1. The Morgan fingerprint density at radius 3 is 2.69 bits per heavy atom. The summed E-state index contributed by atoms with van der Waals surface area (Å²) in [4.78, 5) is 22.2. The molecule has 1 amide bonds. The zero-order valence-corrected chi connectivity index (χ0v) is 9.26. The van der Waals surface area contributed by atoms with E-state index in [1.807, 2.05) is 0 Å². The summed E-state index contributed by atoms with van der Waals surface area (Å²) in [6.45, 7) is 1.49. The van der Waals surface area contributed by atoms with Crippen LogP contribution in [0.25, 0.3) is 0 Å². The molecule has 0 bridgehead atoms. The molecule has 2 atom stereocenters. The first-order valence-electron chi connectivity index (χ1n) is 4.51. The van der Waals surface area contributed by atoms with Crippen molar-refractivity contribution in [2.75, 3.05) is 5.33 Å². The molecule has 0 aromatic carbocycles. The summed E-state index contributed by atoms with van der Waals surface area (Å²) < 4.78 is 0. The zero-order chi connectivity index (χ0) is 9.84. The fourth-order valence-electron chi connectivity index (χ4n) is 1.88. The Balaban J connectivity index is 2.53. The van der Waals surface area contributed by atoms with Crippen molar-refractivity contribution in [3.05, 3.63) is 0 Å². The topological polar surface area (TPSA) is 46.2 Å². The fourth-order valence-corrected chi connectivity index (χ4v) is 2.29. The molecule has 2 unspecified atom stereocenters. The fraction of sp³-hybridized carbons (Fsp3) is 0.778. The first-order valence-corrected chi connectivity index (χ1v) is 5.63. The van der Waals surface area contributed by atoms with E-state index < -0.39 is 0 Å². The number of rotatable bonds is 3. The van der Waals surface area contributed by atoms with Gasteiger partial charge in [-0.15, -0.1) is 0 Å². The number of carbonyl (C=O) groups excluding carboxylic acids is 2. The Hall–Kier alpha value is -0.380. The Bertz CT molecular complexity index is 218. The third kappa shape index (κ3) is 2.79. The first-order chi connectivity index (χ1) is 6.15. The van der Waals surface area contributed by atoms with Gasteiger partial charge in [-0.3, -0.25) is 9.59 Å². The van der Waals surface area contributed by atoms with Gasteiger partial charge >= 0.3 is 0 Å². The highest BCUT2D eigenvalue weighted by Gasteiger charge is 2.32. The predicted octanol–water partition coefficient (Wildman–Crippen LogP) is 1.26. The van der Waals surface area contributed by atoms with E-state index in [0.717, 1.165) is 19.3 Å². The molecule has 1 aliphatic carbocycles. The van der Waals surface area contributed by atoms with Crippen molar-refractivity contribution in [3.63, 3.8) is 0 Å². The quantitative estimate of drug-likeness (QED) is 0.764. The zero-order valence-electron chi connectivity index (χ0n) is 7.68. The van der Waals surface area contributed by atoms with Crippen LogP contribution in [-0.2, 0) is 9.59 Å². The van der Waals surface area contributed by atoms with Gasteiger partial charge in [0.1, 0.15) is 5.78 Å². The van der Waals surface area contributed by atoms with Crippen LogP contribution in [-0.4, -0.2) is 23.1 Å². The highest BCUT2D eigenvalue weighted by molar-refractivity contribution is 9.09. The first kappa shape index (κ1) is 10.7. The van der Waals surface area contributed by atoms with Crippen LogP contribution in [0.2, 0.25) is 0 Å². The minimum Gasteiger partial charge on any atom is -0.353 e. The minimum atomic E-state index is -0.0423. The second-order valence-corrected chi connectivity index (χ2v) is 4.01. The number of Topliss-reactive ketones (excluding diaryl/α,β-unsaturated/α-hetero) is 1. The highest BCUT2D eigenvalue weighted by Crippen LogP contribution is 2.26. The summed E-state index contributed by atoms with van der Waals surface area (Å²) >= 11 is 3.16. The molecular formula is C9H14BrNO2. The van der Waals surface area contributed by atoms with Crippen LogP contribution in [0.3, 0.4) is 0 Å². The predicted molar refractivity (Wildman–Crippen MR) is 53.7 cm³/mol. The maximum absolute atomic E-state index is 11.4. The lowest BCUT2D eigenvalue weighted by molar-refractivity contribution is -0.122. The van der Waals surface area contributed by atoms with E-state index in [4.69, 9.17) is 0 Å². The molecule has 1 fully saturated rings. The van der Waals surface area contributed by atoms with Crippen molar-refractivity contribution in [3.8, 4) is 0 Å². The second-order valence-electron chi connectivity index (χ2n) is 3.44. The average molecular weight is 248 g/mol. The molecule has 4 heteroatoms. The van der Waals surface area contributed by atoms with Crippen molar-refractivity contribution in [2.24, 2.45) is 5.92 Å². The van der Waals surface area contributed by atoms with Gasteiger partial charge < -0.3 is 5.32 Å². The van der Waals surface area contributed by atoms with E-state index in [1.165, 1.54) is 6.92 Å². The summed E-state index contributed by atoms with van der Waals surface area (Å²) in [6.07, 6.45) is 2.88. The van der Waals surface area contributed by atoms with Crippen LogP contribution >= 0.6 is 15.9 Å². The third-order valence-corrected chi connectivity index (χ3v) is 3.00. The molecular weight excluding hydrogens is 234 g/mol. The number of amides is 1. The summed E-state index contributed by atoms with van der Waals surface area (Å²) in [5, 5.41) is 3.22. The molecule has 0 aromatic heterocycles. The Kier molecular flexibility index (Phi) is 3.90. The van der Waals surface area contributed by atoms with Crippen molar-refractivity contribution in [2.45, 2.75) is 32.2 Å². The SMILES string of the molecule is CC(=O)NC1CCCC1C(=O)CBr. The van der Waals surface area contributed by atoms with Crippen molar-refractivity contribution in [1.29, 1.82) is 0 Å².